The lowest BCUT2D eigenvalue weighted by molar-refractivity contribution is -0.299. The molecule has 0 heterocycles. The zero-order valence-corrected chi connectivity index (χ0v) is 19.4. The summed E-state index contributed by atoms with van der Waals surface area (Å²) in [5.74, 6) is -0.469. The van der Waals surface area contributed by atoms with Gasteiger partial charge in [-0.25, -0.2) is 9.59 Å². The molecule has 0 radical (unpaired) electrons. The molecule has 0 unspecified atom stereocenters. The van der Waals surface area contributed by atoms with Crippen LogP contribution >= 0.6 is 0 Å². The second-order valence-electron chi connectivity index (χ2n) is 7.64. The Bertz CT molecular complexity index is 416. The van der Waals surface area contributed by atoms with Crippen molar-refractivity contribution in [2.24, 2.45) is 0 Å². The number of hydrogen-bond acceptors (Lipinski definition) is 7. The molecular weight excluding hydrogens is 388 g/mol. The van der Waals surface area contributed by atoms with E-state index in [9.17, 15) is 14.4 Å². The fourth-order valence-corrected chi connectivity index (χ4v) is 2.84. The molecule has 0 N–H and O–H groups in total. The lowest BCUT2D eigenvalue weighted by Crippen LogP contribution is -2.14. The van der Waals surface area contributed by atoms with Gasteiger partial charge >= 0.3 is 11.9 Å². The van der Waals surface area contributed by atoms with Gasteiger partial charge in [0.05, 0.1) is 0 Å². The normalized spacial score (nSPS) is 11.1. The van der Waals surface area contributed by atoms with Crippen LogP contribution in [0.5, 0.6) is 0 Å². The molecule has 0 aromatic heterocycles. The highest BCUT2D eigenvalue weighted by Crippen LogP contribution is 2.11. The van der Waals surface area contributed by atoms with E-state index in [1.165, 1.54) is 0 Å². The predicted molar refractivity (Wildman–Crippen MR) is 114 cm³/mol. The molecule has 0 saturated heterocycles. The predicted octanol–water partition coefficient (Wildman–Crippen LogP) is 5.78. The maximum atomic E-state index is 11.9. The van der Waals surface area contributed by atoms with Crippen LogP contribution in [0.15, 0.2) is 0 Å². The molecular formula is C23H42O7. The van der Waals surface area contributed by atoms with Crippen molar-refractivity contribution in [2.45, 2.75) is 130 Å². The van der Waals surface area contributed by atoms with E-state index < -0.39 is 0 Å². The maximum Gasteiger partial charge on any atom is 0.342 e. The molecule has 0 rings (SSSR count). The third-order valence-electron chi connectivity index (χ3n) is 5.05. The molecule has 0 bridgehead atoms. The van der Waals surface area contributed by atoms with Crippen LogP contribution in [0.25, 0.3) is 0 Å². The van der Waals surface area contributed by atoms with Crippen LogP contribution < -0.4 is 0 Å². The number of unbranched alkanes of at least 4 members (excludes halogenated alkanes) is 4. The fourth-order valence-electron chi connectivity index (χ4n) is 2.84. The van der Waals surface area contributed by atoms with Crippen LogP contribution in [-0.4, -0.2) is 29.9 Å². The molecule has 0 aliphatic heterocycles. The van der Waals surface area contributed by atoms with E-state index >= 15 is 0 Å². The van der Waals surface area contributed by atoms with Crippen LogP contribution in [0.4, 0.5) is 0 Å². The van der Waals surface area contributed by atoms with Gasteiger partial charge in [0.15, 0.2) is 0 Å². The molecule has 0 amide bonds. The molecule has 0 aliphatic rings. The van der Waals surface area contributed by atoms with Gasteiger partial charge < -0.3 is 0 Å². The number of ketones is 1. The number of hydrogen-bond donors (Lipinski definition) is 0. The summed E-state index contributed by atoms with van der Waals surface area (Å²) in [6.45, 7) is 7.94. The van der Waals surface area contributed by atoms with Crippen molar-refractivity contribution in [1.82, 2.24) is 0 Å². The van der Waals surface area contributed by atoms with E-state index in [-0.39, 0.29) is 29.9 Å². The summed E-state index contributed by atoms with van der Waals surface area (Å²) in [5.41, 5.74) is 0. The number of Topliss-reactive ketones (excluding diaryl/α,β-unsaturated/α-hetero) is 1. The summed E-state index contributed by atoms with van der Waals surface area (Å²) in [6, 6.07) is 0. The van der Waals surface area contributed by atoms with Crippen molar-refractivity contribution in [3.63, 3.8) is 0 Å². The summed E-state index contributed by atoms with van der Waals surface area (Å²) in [6.07, 6.45) is 9.41. The highest BCUT2D eigenvalue weighted by molar-refractivity contribution is 5.78. The third kappa shape index (κ3) is 16.3. The molecule has 0 aromatic carbocycles. The summed E-state index contributed by atoms with van der Waals surface area (Å²) in [4.78, 5) is 54.8. The average molecular weight is 431 g/mol. The van der Waals surface area contributed by atoms with Crippen molar-refractivity contribution in [2.75, 3.05) is 0 Å². The Morgan fingerprint density at radius 3 is 1.20 bits per heavy atom. The second kappa shape index (κ2) is 19.5. The lowest BCUT2D eigenvalue weighted by atomic mass is 10.0. The zero-order valence-electron chi connectivity index (χ0n) is 19.4. The Hall–Kier alpha value is -1.47. The number of carbonyl (C=O) groups is 3. The Morgan fingerprint density at radius 2 is 0.867 bits per heavy atom. The van der Waals surface area contributed by atoms with Crippen molar-refractivity contribution in [3.05, 3.63) is 0 Å². The van der Waals surface area contributed by atoms with E-state index in [1.807, 2.05) is 27.7 Å². The van der Waals surface area contributed by atoms with Crippen molar-refractivity contribution in [1.29, 1.82) is 0 Å². The quantitative estimate of drug-likeness (QED) is 0.137. The van der Waals surface area contributed by atoms with Crippen molar-refractivity contribution < 1.29 is 33.9 Å². The average Bonchev–Trinajstić information content (AvgIpc) is 2.74. The molecule has 0 spiro atoms. The van der Waals surface area contributed by atoms with Crippen molar-refractivity contribution in [3.8, 4) is 0 Å². The summed E-state index contributed by atoms with van der Waals surface area (Å²) >= 11 is 0. The Labute approximate surface area is 182 Å². The van der Waals surface area contributed by atoms with E-state index in [0.29, 0.717) is 38.5 Å². The lowest BCUT2D eigenvalue weighted by Gasteiger charge is -2.11. The minimum atomic E-state index is -0.350. The highest BCUT2D eigenvalue weighted by Gasteiger charge is 2.11. The van der Waals surface area contributed by atoms with Gasteiger partial charge in [0.1, 0.15) is 18.0 Å². The summed E-state index contributed by atoms with van der Waals surface area (Å²) in [5, 5.41) is 0. The van der Waals surface area contributed by atoms with Crippen molar-refractivity contribution >= 4 is 17.7 Å². The first kappa shape index (κ1) is 28.5. The van der Waals surface area contributed by atoms with E-state index in [2.05, 4.69) is 0 Å². The number of rotatable bonds is 20. The van der Waals surface area contributed by atoms with E-state index in [1.54, 1.807) is 0 Å². The Kier molecular flexibility index (Phi) is 18.5. The van der Waals surface area contributed by atoms with E-state index in [0.717, 1.165) is 51.4 Å². The molecule has 0 aliphatic carbocycles. The molecule has 7 nitrogen and oxygen atoms in total. The Balaban J connectivity index is 3.55. The minimum Gasteiger partial charge on any atom is -0.300 e. The van der Waals surface area contributed by atoms with Crippen LogP contribution in [0, 0.1) is 0 Å². The van der Waals surface area contributed by atoms with Gasteiger partial charge in [-0.15, -0.1) is 0 Å². The third-order valence-corrected chi connectivity index (χ3v) is 5.05. The van der Waals surface area contributed by atoms with Gasteiger partial charge in [-0.2, -0.15) is 9.78 Å². The van der Waals surface area contributed by atoms with Gasteiger partial charge in [-0.05, 0) is 51.4 Å². The van der Waals surface area contributed by atoms with Crippen LogP contribution in [0.2, 0.25) is 0 Å². The second-order valence-corrected chi connectivity index (χ2v) is 7.64. The van der Waals surface area contributed by atoms with Gasteiger partial charge in [0.25, 0.3) is 0 Å². The molecule has 0 fully saturated rings. The molecule has 7 heteroatoms. The van der Waals surface area contributed by atoms with E-state index in [4.69, 9.17) is 19.6 Å². The molecule has 176 valence electrons. The topological polar surface area (TPSA) is 88.1 Å². The van der Waals surface area contributed by atoms with Gasteiger partial charge in [-0.3, -0.25) is 14.6 Å². The zero-order chi connectivity index (χ0) is 22.6. The van der Waals surface area contributed by atoms with Gasteiger partial charge in [0, 0.05) is 25.7 Å². The maximum absolute atomic E-state index is 11.9. The first-order chi connectivity index (χ1) is 14.5. The van der Waals surface area contributed by atoms with Crippen LogP contribution in [-0.2, 0) is 33.9 Å². The first-order valence-electron chi connectivity index (χ1n) is 11.7. The molecule has 0 atom stereocenters. The molecule has 0 aromatic rings. The van der Waals surface area contributed by atoms with Gasteiger partial charge in [0.2, 0.25) is 0 Å². The number of carbonyl (C=O) groups excluding carboxylic acids is 3. The molecule has 30 heavy (non-hydrogen) atoms. The van der Waals surface area contributed by atoms with Gasteiger partial charge in [-0.1, -0.05) is 40.5 Å². The first-order valence-corrected chi connectivity index (χ1v) is 11.7. The largest absolute Gasteiger partial charge is 0.342 e. The highest BCUT2D eigenvalue weighted by atomic mass is 17.2. The molecule has 0 saturated carbocycles. The summed E-state index contributed by atoms with van der Waals surface area (Å²) < 4.78 is 0. The smallest absolute Gasteiger partial charge is 0.300 e. The minimum absolute atomic E-state index is 0.0416. The standard InChI is InChI=1S/C23H42O7/c1-5-20(6-2)27-29-22(25)17-13-9-11-15-19(24)16-12-10-14-18-23(26)30-28-21(7-3)8-4/h20-21H,5-18H2,1-4H3. The fraction of sp³-hybridized carbons (Fsp3) is 0.870. The van der Waals surface area contributed by atoms with Crippen LogP contribution in [0.3, 0.4) is 0 Å². The monoisotopic (exact) mass is 430 g/mol. The van der Waals surface area contributed by atoms with Crippen LogP contribution in [0.1, 0.15) is 118 Å². The Morgan fingerprint density at radius 1 is 0.533 bits per heavy atom. The summed E-state index contributed by atoms with van der Waals surface area (Å²) in [7, 11) is 0. The SMILES string of the molecule is CCC(CC)OOC(=O)CCCCCC(=O)CCCCCC(=O)OOC(CC)CC.